The number of rotatable bonds is 4. The minimum absolute atomic E-state index is 0.751. The van der Waals surface area contributed by atoms with Gasteiger partial charge in [0, 0.05) is 5.88 Å². The Bertz CT molecular complexity index is 74.5. The number of halogens is 1. The summed E-state index contributed by atoms with van der Waals surface area (Å²) in [6, 6.07) is 0. The van der Waals surface area contributed by atoms with Gasteiger partial charge in [-0.1, -0.05) is 24.8 Å². The molecule has 1 heteroatoms. The fourth-order valence-electron chi connectivity index (χ4n) is 0.387. The highest BCUT2D eigenvalue weighted by Crippen LogP contribution is 1.92. The molecule has 0 rings (SSSR count). The molecule has 0 aliphatic carbocycles. The van der Waals surface area contributed by atoms with E-state index in [4.69, 9.17) is 11.6 Å². The monoisotopic (exact) mass is 130 g/mol. The van der Waals surface area contributed by atoms with E-state index in [1.165, 1.54) is 0 Å². The van der Waals surface area contributed by atoms with Crippen LogP contribution in [0.3, 0.4) is 0 Å². The lowest BCUT2D eigenvalue weighted by Gasteiger charge is -1.82. The quantitative estimate of drug-likeness (QED) is 0.312. The van der Waals surface area contributed by atoms with Gasteiger partial charge in [0.15, 0.2) is 0 Å². The molecule has 0 amide bonds. The van der Waals surface area contributed by atoms with Gasteiger partial charge in [0.25, 0.3) is 0 Å². The summed E-state index contributed by atoms with van der Waals surface area (Å²) < 4.78 is 0. The summed E-state index contributed by atoms with van der Waals surface area (Å²) in [5.41, 5.74) is 0. The molecule has 0 aromatic carbocycles. The first-order valence-corrected chi connectivity index (χ1v) is 3.28. The van der Waals surface area contributed by atoms with Gasteiger partial charge in [-0.05, 0) is 12.8 Å². The average molecular weight is 131 g/mol. The molecule has 0 aliphatic rings. The van der Waals surface area contributed by atoms with Crippen molar-refractivity contribution in [2.24, 2.45) is 0 Å². The normalized spacial score (nSPS) is 10.1. The third-order valence-corrected chi connectivity index (χ3v) is 1.04. The number of allylic oxidation sites excluding steroid dienone is 3. The summed E-state index contributed by atoms with van der Waals surface area (Å²) >= 11 is 5.42. The Morgan fingerprint density at radius 2 is 2.25 bits per heavy atom. The second kappa shape index (κ2) is 6.77. The van der Waals surface area contributed by atoms with Crippen molar-refractivity contribution < 1.29 is 0 Å². The summed E-state index contributed by atoms with van der Waals surface area (Å²) in [5.74, 6) is 0.751. The van der Waals surface area contributed by atoms with E-state index in [1.807, 2.05) is 6.08 Å². The van der Waals surface area contributed by atoms with Crippen LogP contribution in [0, 0.1) is 0 Å². The topological polar surface area (TPSA) is 0 Å². The first-order chi connectivity index (χ1) is 3.91. The highest BCUT2D eigenvalue weighted by Gasteiger charge is 1.75. The van der Waals surface area contributed by atoms with Crippen molar-refractivity contribution in [3.05, 3.63) is 24.8 Å². The Morgan fingerprint density at radius 3 is 2.75 bits per heavy atom. The molecular weight excluding hydrogens is 120 g/mol. The molecule has 0 radical (unpaired) electrons. The molecule has 0 N–H and O–H groups in total. The lowest BCUT2D eigenvalue weighted by Crippen LogP contribution is -1.68. The van der Waals surface area contributed by atoms with Crippen molar-refractivity contribution in [1.29, 1.82) is 0 Å². The maximum absolute atomic E-state index is 5.42. The average Bonchev–Trinajstić information content (AvgIpc) is 1.81. The van der Waals surface area contributed by atoms with Crippen LogP contribution in [0.1, 0.15) is 12.8 Å². The number of hydrogen-bond donors (Lipinski definition) is 0. The molecule has 0 aliphatic heterocycles. The lowest BCUT2D eigenvalue weighted by molar-refractivity contribution is 0.966. The molecule has 0 unspecified atom stereocenters. The Kier molecular flexibility index (Phi) is 6.58. The van der Waals surface area contributed by atoms with Gasteiger partial charge in [0.1, 0.15) is 0 Å². The van der Waals surface area contributed by atoms with Gasteiger partial charge in [0.05, 0.1) is 0 Å². The fraction of sp³-hybridized carbons (Fsp3) is 0.429. The molecular formula is C7H11Cl. The molecule has 0 aromatic rings. The first kappa shape index (κ1) is 7.77. The maximum atomic E-state index is 5.42. The SMILES string of the molecule is C=C/C=C/CCCCl. The number of hydrogen-bond acceptors (Lipinski definition) is 0. The van der Waals surface area contributed by atoms with Crippen molar-refractivity contribution in [2.45, 2.75) is 12.8 Å². The molecule has 0 fully saturated rings. The zero-order valence-corrected chi connectivity index (χ0v) is 5.69. The molecule has 0 bridgehead atoms. The van der Waals surface area contributed by atoms with Crippen LogP contribution in [-0.4, -0.2) is 5.88 Å². The van der Waals surface area contributed by atoms with Crippen molar-refractivity contribution in [3.63, 3.8) is 0 Å². The number of alkyl halides is 1. The van der Waals surface area contributed by atoms with Gasteiger partial charge in [-0.2, -0.15) is 0 Å². The summed E-state index contributed by atoms with van der Waals surface area (Å²) in [5, 5.41) is 0. The molecule has 0 heterocycles. The molecule has 0 spiro atoms. The molecule has 0 aromatic heterocycles. The Hall–Kier alpha value is -0.230. The van der Waals surface area contributed by atoms with Gasteiger partial charge in [-0.15, -0.1) is 11.6 Å². The minimum Gasteiger partial charge on any atom is -0.127 e. The van der Waals surface area contributed by atoms with E-state index in [2.05, 4.69) is 12.7 Å². The number of unbranched alkanes of at least 4 members (excludes halogenated alkanes) is 1. The van der Waals surface area contributed by atoms with Crippen LogP contribution < -0.4 is 0 Å². The second-order valence-electron chi connectivity index (χ2n) is 1.50. The van der Waals surface area contributed by atoms with Gasteiger partial charge in [-0.25, -0.2) is 0 Å². The minimum atomic E-state index is 0.751. The molecule has 0 atom stereocenters. The molecule has 8 heavy (non-hydrogen) atoms. The molecule has 0 saturated carbocycles. The third-order valence-electron chi connectivity index (χ3n) is 0.777. The van der Waals surface area contributed by atoms with Gasteiger partial charge in [0.2, 0.25) is 0 Å². The zero-order chi connectivity index (χ0) is 6.24. The largest absolute Gasteiger partial charge is 0.127 e. The molecule has 46 valence electrons. The van der Waals surface area contributed by atoms with E-state index in [0.717, 1.165) is 18.7 Å². The predicted molar refractivity (Wildman–Crippen MR) is 39.3 cm³/mol. The zero-order valence-electron chi connectivity index (χ0n) is 4.94. The van der Waals surface area contributed by atoms with E-state index in [0.29, 0.717) is 0 Å². The van der Waals surface area contributed by atoms with E-state index >= 15 is 0 Å². The van der Waals surface area contributed by atoms with Gasteiger partial charge < -0.3 is 0 Å². The predicted octanol–water partition coefficient (Wildman–Crippen LogP) is 2.75. The smallest absolute Gasteiger partial charge is 0.0226 e. The van der Waals surface area contributed by atoms with Crippen LogP contribution in [0.5, 0.6) is 0 Å². The highest BCUT2D eigenvalue weighted by molar-refractivity contribution is 6.17. The van der Waals surface area contributed by atoms with Crippen LogP contribution in [0.4, 0.5) is 0 Å². The van der Waals surface area contributed by atoms with Crippen molar-refractivity contribution in [2.75, 3.05) is 5.88 Å². The Balaban J connectivity index is 2.91. The van der Waals surface area contributed by atoms with E-state index in [1.54, 1.807) is 6.08 Å². The molecule has 0 nitrogen and oxygen atoms in total. The summed E-state index contributed by atoms with van der Waals surface area (Å²) in [7, 11) is 0. The van der Waals surface area contributed by atoms with Crippen molar-refractivity contribution in [3.8, 4) is 0 Å². The van der Waals surface area contributed by atoms with Crippen molar-refractivity contribution in [1.82, 2.24) is 0 Å². The molecule has 0 saturated heterocycles. The van der Waals surface area contributed by atoms with E-state index in [-0.39, 0.29) is 0 Å². The van der Waals surface area contributed by atoms with Crippen molar-refractivity contribution >= 4 is 11.6 Å². The fourth-order valence-corrected chi connectivity index (χ4v) is 0.542. The van der Waals surface area contributed by atoms with Crippen LogP contribution in [0.25, 0.3) is 0 Å². The summed E-state index contributed by atoms with van der Waals surface area (Å²) in [4.78, 5) is 0. The maximum Gasteiger partial charge on any atom is 0.0226 e. The standard InChI is InChI=1S/C7H11Cl/c1-2-3-4-5-6-7-8/h2-4H,1,5-7H2/b4-3+. The summed E-state index contributed by atoms with van der Waals surface area (Å²) in [6.45, 7) is 3.54. The second-order valence-corrected chi connectivity index (χ2v) is 1.87. The first-order valence-electron chi connectivity index (χ1n) is 2.75. The van der Waals surface area contributed by atoms with Gasteiger partial charge >= 0.3 is 0 Å². The van der Waals surface area contributed by atoms with E-state index < -0.39 is 0 Å². The van der Waals surface area contributed by atoms with Crippen LogP contribution in [-0.2, 0) is 0 Å². The van der Waals surface area contributed by atoms with Crippen LogP contribution in [0.15, 0.2) is 24.8 Å². The Morgan fingerprint density at radius 1 is 1.50 bits per heavy atom. The van der Waals surface area contributed by atoms with Gasteiger partial charge in [-0.3, -0.25) is 0 Å². The highest BCUT2D eigenvalue weighted by atomic mass is 35.5. The van der Waals surface area contributed by atoms with Crippen LogP contribution in [0.2, 0.25) is 0 Å². The van der Waals surface area contributed by atoms with Crippen LogP contribution >= 0.6 is 11.6 Å². The summed E-state index contributed by atoms with van der Waals surface area (Å²) in [6.07, 6.45) is 7.90. The lowest BCUT2D eigenvalue weighted by atomic mass is 10.3. The Labute approximate surface area is 55.9 Å². The van der Waals surface area contributed by atoms with E-state index in [9.17, 15) is 0 Å². The third kappa shape index (κ3) is 5.77.